The number of amides is 1. The Morgan fingerprint density at radius 1 is 1.11 bits per heavy atom. The average molecular weight is 406 g/mol. The minimum absolute atomic E-state index is 0.117. The van der Waals surface area contributed by atoms with Crippen molar-refractivity contribution >= 4 is 21.6 Å². The average Bonchev–Trinajstić information content (AvgIpc) is 2.64. The zero-order valence-electron chi connectivity index (χ0n) is 16.0. The van der Waals surface area contributed by atoms with Crippen LogP contribution in [0.3, 0.4) is 0 Å². The van der Waals surface area contributed by atoms with E-state index in [1.807, 2.05) is 13.8 Å². The lowest BCUT2D eigenvalue weighted by atomic mass is 10.2. The Bertz CT molecular complexity index is 966. The van der Waals surface area contributed by atoms with Crippen molar-refractivity contribution in [3.05, 3.63) is 59.4 Å². The van der Waals surface area contributed by atoms with E-state index < -0.39 is 21.7 Å². The van der Waals surface area contributed by atoms with Gasteiger partial charge in [-0.15, -0.1) is 0 Å². The SMILES string of the molecule is Cc1ccc(NC(=O)c2ccc(S(=O)(=O)N3C[C@H](C)O[C@@H](C)C3)cc2)cc1F. The van der Waals surface area contributed by atoms with E-state index in [0.29, 0.717) is 11.3 Å². The number of halogens is 1. The first kappa shape index (κ1) is 20.4. The fourth-order valence-electron chi connectivity index (χ4n) is 3.13. The lowest BCUT2D eigenvalue weighted by Gasteiger charge is -2.34. The Morgan fingerprint density at radius 2 is 1.71 bits per heavy atom. The summed E-state index contributed by atoms with van der Waals surface area (Å²) >= 11 is 0. The van der Waals surface area contributed by atoms with Crippen LogP contribution in [0.2, 0.25) is 0 Å². The third-order valence-corrected chi connectivity index (χ3v) is 6.42. The highest BCUT2D eigenvalue weighted by Crippen LogP contribution is 2.22. The largest absolute Gasteiger partial charge is 0.373 e. The molecule has 1 N–H and O–H groups in total. The van der Waals surface area contributed by atoms with Crippen LogP contribution < -0.4 is 5.32 Å². The summed E-state index contributed by atoms with van der Waals surface area (Å²) < 4.78 is 46.3. The molecule has 0 bridgehead atoms. The summed E-state index contributed by atoms with van der Waals surface area (Å²) in [6, 6.07) is 10.1. The molecule has 1 aliphatic rings. The quantitative estimate of drug-likeness (QED) is 0.846. The third-order valence-electron chi connectivity index (χ3n) is 4.57. The summed E-state index contributed by atoms with van der Waals surface area (Å²) in [5.41, 5.74) is 1.10. The fraction of sp³-hybridized carbons (Fsp3) is 0.350. The molecule has 2 aromatic rings. The van der Waals surface area contributed by atoms with Gasteiger partial charge >= 0.3 is 0 Å². The van der Waals surface area contributed by atoms with E-state index >= 15 is 0 Å². The van der Waals surface area contributed by atoms with Gasteiger partial charge < -0.3 is 10.1 Å². The van der Waals surface area contributed by atoms with Crippen molar-refractivity contribution in [3.63, 3.8) is 0 Å². The second-order valence-electron chi connectivity index (χ2n) is 7.02. The first-order chi connectivity index (χ1) is 13.2. The van der Waals surface area contributed by atoms with E-state index in [1.54, 1.807) is 19.1 Å². The number of nitrogens with zero attached hydrogens (tertiary/aromatic N) is 1. The van der Waals surface area contributed by atoms with E-state index in [4.69, 9.17) is 4.74 Å². The van der Waals surface area contributed by atoms with Crippen LogP contribution in [0.5, 0.6) is 0 Å². The van der Waals surface area contributed by atoms with Gasteiger partial charge in [0.25, 0.3) is 5.91 Å². The molecule has 150 valence electrons. The summed E-state index contributed by atoms with van der Waals surface area (Å²) in [4.78, 5) is 12.5. The highest BCUT2D eigenvalue weighted by Gasteiger charge is 2.32. The Morgan fingerprint density at radius 3 is 2.29 bits per heavy atom. The third kappa shape index (κ3) is 4.40. The minimum atomic E-state index is -3.67. The molecular formula is C20H23FN2O4S. The van der Waals surface area contributed by atoms with Crippen molar-refractivity contribution in [1.29, 1.82) is 0 Å². The van der Waals surface area contributed by atoms with Gasteiger partial charge in [0.1, 0.15) is 5.82 Å². The molecular weight excluding hydrogens is 383 g/mol. The van der Waals surface area contributed by atoms with Gasteiger partial charge in [-0.1, -0.05) is 6.07 Å². The van der Waals surface area contributed by atoms with Crippen LogP contribution in [-0.4, -0.2) is 43.9 Å². The van der Waals surface area contributed by atoms with Crippen LogP contribution in [0, 0.1) is 12.7 Å². The number of rotatable bonds is 4. The van der Waals surface area contributed by atoms with Gasteiger partial charge in [0.2, 0.25) is 10.0 Å². The van der Waals surface area contributed by atoms with E-state index in [-0.39, 0.29) is 35.8 Å². The second kappa shape index (κ2) is 7.98. The molecule has 1 aliphatic heterocycles. The number of ether oxygens (including phenoxy) is 1. The number of sulfonamides is 1. The second-order valence-corrected chi connectivity index (χ2v) is 8.96. The van der Waals surface area contributed by atoms with Gasteiger partial charge in [-0.3, -0.25) is 4.79 Å². The zero-order chi connectivity index (χ0) is 20.5. The fourth-order valence-corrected chi connectivity index (χ4v) is 4.72. The Kier molecular flexibility index (Phi) is 5.83. The predicted octanol–water partition coefficient (Wildman–Crippen LogP) is 3.18. The number of hydrogen-bond donors (Lipinski definition) is 1. The smallest absolute Gasteiger partial charge is 0.255 e. The van der Waals surface area contributed by atoms with Crippen LogP contribution in [0.15, 0.2) is 47.4 Å². The first-order valence-electron chi connectivity index (χ1n) is 9.00. The van der Waals surface area contributed by atoms with Gasteiger partial charge in [0, 0.05) is 24.3 Å². The summed E-state index contributed by atoms with van der Waals surface area (Å²) in [5.74, 6) is -0.853. The molecule has 0 aliphatic carbocycles. The summed E-state index contributed by atoms with van der Waals surface area (Å²) in [6.07, 6.45) is -0.364. The van der Waals surface area contributed by atoms with Crippen molar-refractivity contribution in [2.45, 2.75) is 37.9 Å². The highest BCUT2D eigenvalue weighted by molar-refractivity contribution is 7.89. The lowest BCUT2D eigenvalue weighted by molar-refractivity contribution is -0.0440. The number of carbonyl (C=O) groups is 1. The predicted molar refractivity (Wildman–Crippen MR) is 104 cm³/mol. The normalized spacial score (nSPS) is 20.7. The maximum absolute atomic E-state index is 13.6. The Hall–Kier alpha value is -2.29. The van der Waals surface area contributed by atoms with Gasteiger partial charge in [0.05, 0.1) is 17.1 Å². The van der Waals surface area contributed by atoms with E-state index in [9.17, 15) is 17.6 Å². The molecule has 1 fully saturated rings. The van der Waals surface area contributed by atoms with Crippen molar-refractivity contribution in [3.8, 4) is 0 Å². The maximum Gasteiger partial charge on any atom is 0.255 e. The molecule has 0 saturated carbocycles. The van der Waals surface area contributed by atoms with Crippen LogP contribution in [0.25, 0.3) is 0 Å². The van der Waals surface area contributed by atoms with Crippen molar-refractivity contribution in [1.82, 2.24) is 4.31 Å². The minimum Gasteiger partial charge on any atom is -0.373 e. The Balaban J connectivity index is 1.75. The molecule has 0 radical (unpaired) electrons. The topological polar surface area (TPSA) is 75.7 Å². The van der Waals surface area contributed by atoms with Crippen molar-refractivity contribution in [2.24, 2.45) is 0 Å². The van der Waals surface area contributed by atoms with Gasteiger partial charge in [-0.2, -0.15) is 4.31 Å². The number of nitrogens with one attached hydrogen (secondary N) is 1. The molecule has 2 aromatic carbocycles. The van der Waals surface area contributed by atoms with Crippen molar-refractivity contribution in [2.75, 3.05) is 18.4 Å². The number of carbonyl (C=O) groups excluding carboxylic acids is 1. The molecule has 3 rings (SSSR count). The molecule has 1 amide bonds. The number of morpholine rings is 1. The molecule has 1 saturated heterocycles. The number of aryl methyl sites for hydroxylation is 1. The van der Waals surface area contributed by atoms with E-state index in [0.717, 1.165) is 0 Å². The lowest BCUT2D eigenvalue weighted by Crippen LogP contribution is -2.48. The molecule has 28 heavy (non-hydrogen) atoms. The van der Waals surface area contributed by atoms with Crippen LogP contribution >= 0.6 is 0 Å². The van der Waals surface area contributed by atoms with Crippen LogP contribution in [0.1, 0.15) is 29.8 Å². The number of benzene rings is 2. The molecule has 2 atom stereocenters. The maximum atomic E-state index is 13.6. The highest BCUT2D eigenvalue weighted by atomic mass is 32.2. The molecule has 8 heteroatoms. The van der Waals surface area contributed by atoms with Gasteiger partial charge in [-0.25, -0.2) is 12.8 Å². The molecule has 1 heterocycles. The monoisotopic (exact) mass is 406 g/mol. The molecule has 0 spiro atoms. The van der Waals surface area contributed by atoms with E-state index in [1.165, 1.54) is 34.6 Å². The molecule has 0 unspecified atom stereocenters. The van der Waals surface area contributed by atoms with Crippen LogP contribution in [0.4, 0.5) is 10.1 Å². The molecule has 6 nitrogen and oxygen atoms in total. The summed E-state index contributed by atoms with van der Waals surface area (Å²) in [5, 5.41) is 2.60. The van der Waals surface area contributed by atoms with Crippen LogP contribution in [-0.2, 0) is 14.8 Å². The molecule has 0 aromatic heterocycles. The summed E-state index contributed by atoms with van der Waals surface area (Å²) in [6.45, 7) is 5.87. The number of hydrogen-bond acceptors (Lipinski definition) is 4. The van der Waals surface area contributed by atoms with Gasteiger partial charge in [0.15, 0.2) is 0 Å². The zero-order valence-corrected chi connectivity index (χ0v) is 16.8. The van der Waals surface area contributed by atoms with Gasteiger partial charge in [-0.05, 0) is 62.7 Å². The Labute approximate surface area is 164 Å². The summed E-state index contributed by atoms with van der Waals surface area (Å²) in [7, 11) is -3.67. The standard InChI is InChI=1S/C20H23FN2O4S/c1-13-4-7-17(10-19(13)21)22-20(24)16-5-8-18(9-6-16)28(25,26)23-11-14(2)27-15(3)12-23/h4-10,14-15H,11-12H2,1-3H3,(H,22,24)/t14-,15-/m0/s1. The first-order valence-corrected chi connectivity index (χ1v) is 10.4. The van der Waals surface area contributed by atoms with Crippen molar-refractivity contribution < 1.29 is 22.3 Å². The number of anilines is 1. The van der Waals surface area contributed by atoms with E-state index in [2.05, 4.69) is 5.32 Å².